The topological polar surface area (TPSA) is 59.4 Å². The molecule has 0 saturated carbocycles. The van der Waals surface area contributed by atoms with Gasteiger partial charge >= 0.3 is 0 Å². The van der Waals surface area contributed by atoms with Crippen LogP contribution in [0.1, 0.15) is 113 Å². The molecular formula is C31H50F2N2O2. The average molecular weight is 521 g/mol. The highest BCUT2D eigenvalue weighted by atomic mass is 19.3. The number of hydrogen-bond acceptors (Lipinski definition) is 4. The molecule has 1 aromatic heterocycles. The molecule has 0 N–H and O–H groups in total. The fourth-order valence-electron chi connectivity index (χ4n) is 2.76. The van der Waals surface area contributed by atoms with Crippen molar-refractivity contribution < 1.29 is 18.4 Å². The predicted octanol–water partition coefficient (Wildman–Crippen LogP) is 9.12. The normalized spacial score (nSPS) is 14.2. The van der Waals surface area contributed by atoms with Gasteiger partial charge in [0.25, 0.3) is 5.92 Å². The van der Waals surface area contributed by atoms with Crippen molar-refractivity contribution in [2.24, 2.45) is 22.7 Å². The zero-order valence-corrected chi connectivity index (χ0v) is 25.0. The molecule has 0 aromatic carbocycles. The summed E-state index contributed by atoms with van der Waals surface area (Å²) < 4.78 is 26.1. The SMILES string of the molecule is C=C(C)N=C/C(=C\C)CC.CC(=O)C(C)CC(=O)C(C)c1ccc(C(C)(F)F)nc1.CCC(C)C(C)C. The van der Waals surface area contributed by atoms with Crippen molar-refractivity contribution in [1.29, 1.82) is 0 Å². The zero-order chi connectivity index (χ0) is 29.3. The Labute approximate surface area is 224 Å². The minimum Gasteiger partial charge on any atom is -0.300 e. The van der Waals surface area contributed by atoms with E-state index < -0.39 is 11.8 Å². The number of aromatic nitrogens is 1. The molecule has 3 atom stereocenters. The number of Topliss-reactive ketones (excluding diaryl/α,β-unsaturated/α-hetero) is 2. The summed E-state index contributed by atoms with van der Waals surface area (Å²) in [5.74, 6) is -2.13. The Kier molecular flexibility index (Phi) is 18.5. The second kappa shape index (κ2) is 18.7. The fraction of sp³-hybridized carbons (Fsp3) is 0.613. The van der Waals surface area contributed by atoms with Gasteiger partial charge in [-0.05, 0) is 56.2 Å². The Balaban J connectivity index is 0. The highest BCUT2D eigenvalue weighted by molar-refractivity contribution is 5.90. The van der Waals surface area contributed by atoms with E-state index >= 15 is 0 Å². The third-order valence-electron chi connectivity index (χ3n) is 6.43. The van der Waals surface area contributed by atoms with E-state index in [0.717, 1.165) is 30.9 Å². The molecule has 0 aliphatic carbocycles. The van der Waals surface area contributed by atoms with Crippen molar-refractivity contribution in [1.82, 2.24) is 4.98 Å². The maximum absolute atomic E-state index is 13.0. The van der Waals surface area contributed by atoms with Crippen LogP contribution in [0.5, 0.6) is 0 Å². The maximum atomic E-state index is 13.0. The first-order chi connectivity index (χ1) is 17.0. The maximum Gasteiger partial charge on any atom is 0.286 e. The van der Waals surface area contributed by atoms with E-state index in [4.69, 9.17) is 0 Å². The summed E-state index contributed by atoms with van der Waals surface area (Å²) in [6.07, 6.45) is 7.73. The summed E-state index contributed by atoms with van der Waals surface area (Å²) in [4.78, 5) is 30.9. The largest absolute Gasteiger partial charge is 0.300 e. The summed E-state index contributed by atoms with van der Waals surface area (Å²) in [7, 11) is 0. The van der Waals surface area contributed by atoms with Crippen LogP contribution in [0.15, 0.2) is 47.2 Å². The van der Waals surface area contributed by atoms with Crippen molar-refractivity contribution in [3.8, 4) is 0 Å². The molecule has 0 spiro atoms. The molecule has 37 heavy (non-hydrogen) atoms. The van der Waals surface area contributed by atoms with E-state index in [1.807, 2.05) is 20.1 Å². The van der Waals surface area contributed by atoms with Crippen molar-refractivity contribution in [3.05, 3.63) is 53.5 Å². The van der Waals surface area contributed by atoms with Crippen LogP contribution in [0.25, 0.3) is 0 Å². The number of pyridine rings is 1. The molecule has 210 valence electrons. The first kappa shape index (κ1) is 36.7. The lowest BCUT2D eigenvalue weighted by atomic mass is 9.90. The third-order valence-corrected chi connectivity index (χ3v) is 6.43. The van der Waals surface area contributed by atoms with E-state index in [1.54, 1.807) is 13.8 Å². The standard InChI is InChI=1S/C15H19F2NO2.C9H15N.C7H16/c1-9(11(3)19)7-13(20)10(2)12-5-6-14(18-8-12)15(4,16)17;1-5-9(6-2)7-10-8(3)4;1-5-7(4)6(2)3/h5-6,8-10H,7H2,1-4H3;5,7H,3,6H2,1-2,4H3;6-7H,5H2,1-4H3/b;9-5-,10-7?;. The van der Waals surface area contributed by atoms with E-state index in [0.29, 0.717) is 5.56 Å². The van der Waals surface area contributed by atoms with Crippen LogP contribution in [0.3, 0.4) is 0 Å². The van der Waals surface area contributed by atoms with Gasteiger partial charge in [0.15, 0.2) is 0 Å². The molecule has 3 unspecified atom stereocenters. The van der Waals surface area contributed by atoms with Gasteiger partial charge in [-0.15, -0.1) is 0 Å². The minimum atomic E-state index is -2.99. The van der Waals surface area contributed by atoms with Crippen molar-refractivity contribution in [3.63, 3.8) is 0 Å². The summed E-state index contributed by atoms with van der Waals surface area (Å²) in [6, 6.07) is 2.72. The molecule has 0 aliphatic heterocycles. The molecule has 1 aromatic rings. The average Bonchev–Trinajstić information content (AvgIpc) is 2.83. The first-order valence-electron chi connectivity index (χ1n) is 13.2. The van der Waals surface area contributed by atoms with Crippen LogP contribution in [-0.2, 0) is 15.5 Å². The summed E-state index contributed by atoms with van der Waals surface area (Å²) in [5, 5.41) is 0. The number of allylic oxidation sites excluding steroid dienone is 3. The van der Waals surface area contributed by atoms with Crippen LogP contribution in [0, 0.1) is 17.8 Å². The quantitative estimate of drug-likeness (QED) is 0.273. The third kappa shape index (κ3) is 16.8. The Bertz CT molecular complexity index is 881. The molecule has 0 saturated heterocycles. The lowest BCUT2D eigenvalue weighted by Gasteiger charge is -2.14. The number of halogens is 2. The van der Waals surface area contributed by atoms with E-state index in [1.165, 1.54) is 37.2 Å². The molecule has 6 heteroatoms. The number of hydrogen-bond donors (Lipinski definition) is 0. The van der Waals surface area contributed by atoms with E-state index in [2.05, 4.69) is 57.3 Å². The van der Waals surface area contributed by atoms with Gasteiger partial charge in [0.1, 0.15) is 17.3 Å². The van der Waals surface area contributed by atoms with Crippen LogP contribution < -0.4 is 0 Å². The predicted molar refractivity (Wildman–Crippen MR) is 153 cm³/mol. The number of ketones is 2. The molecule has 0 aliphatic rings. The molecule has 0 bridgehead atoms. The van der Waals surface area contributed by atoms with Crippen LogP contribution in [-0.4, -0.2) is 22.8 Å². The van der Waals surface area contributed by atoms with Gasteiger partial charge in [0.2, 0.25) is 0 Å². The summed E-state index contributed by atoms with van der Waals surface area (Å²) in [6.45, 7) is 24.4. The molecule has 0 amide bonds. The van der Waals surface area contributed by atoms with Gasteiger partial charge in [-0.3, -0.25) is 19.6 Å². The Hall–Kier alpha value is -2.50. The summed E-state index contributed by atoms with van der Waals surface area (Å²) in [5.41, 5.74) is 2.37. The molecule has 4 nitrogen and oxygen atoms in total. The number of alkyl halides is 2. The molecule has 1 rings (SSSR count). The van der Waals surface area contributed by atoms with Gasteiger partial charge in [-0.1, -0.05) is 73.6 Å². The van der Waals surface area contributed by atoms with Gasteiger partial charge in [-0.2, -0.15) is 8.78 Å². The molecule has 0 fully saturated rings. The minimum absolute atomic E-state index is 0.0374. The Morgan fingerprint density at radius 2 is 1.68 bits per heavy atom. The second-order valence-corrected chi connectivity index (χ2v) is 10.1. The molecule has 1 heterocycles. The van der Waals surface area contributed by atoms with E-state index in [-0.39, 0.29) is 29.6 Å². The van der Waals surface area contributed by atoms with Crippen molar-refractivity contribution >= 4 is 17.8 Å². The van der Waals surface area contributed by atoms with Crippen molar-refractivity contribution in [2.75, 3.05) is 0 Å². The zero-order valence-electron chi connectivity index (χ0n) is 25.0. The second-order valence-electron chi connectivity index (χ2n) is 10.1. The van der Waals surface area contributed by atoms with Gasteiger partial charge in [0, 0.05) is 43.3 Å². The molecule has 0 radical (unpaired) electrons. The van der Waals surface area contributed by atoms with Gasteiger partial charge in [0.05, 0.1) is 0 Å². The summed E-state index contributed by atoms with van der Waals surface area (Å²) >= 11 is 0. The number of carbonyl (C=O) groups excluding carboxylic acids is 2. The lowest BCUT2D eigenvalue weighted by molar-refractivity contribution is -0.126. The van der Waals surface area contributed by atoms with E-state index in [9.17, 15) is 18.4 Å². The van der Waals surface area contributed by atoms with Crippen LogP contribution >= 0.6 is 0 Å². The van der Waals surface area contributed by atoms with Crippen LogP contribution in [0.4, 0.5) is 8.78 Å². The van der Waals surface area contributed by atoms with Gasteiger partial charge in [-0.25, -0.2) is 0 Å². The number of nitrogens with zero attached hydrogens (tertiary/aromatic N) is 2. The smallest absolute Gasteiger partial charge is 0.286 e. The Morgan fingerprint density at radius 1 is 1.11 bits per heavy atom. The highest BCUT2D eigenvalue weighted by Crippen LogP contribution is 2.27. The number of carbonyl (C=O) groups is 2. The fourth-order valence-corrected chi connectivity index (χ4v) is 2.76. The monoisotopic (exact) mass is 520 g/mol. The van der Waals surface area contributed by atoms with Crippen molar-refractivity contribution in [2.45, 2.75) is 107 Å². The van der Waals surface area contributed by atoms with Crippen LogP contribution in [0.2, 0.25) is 0 Å². The molecular weight excluding hydrogens is 470 g/mol. The Morgan fingerprint density at radius 3 is 1.97 bits per heavy atom. The first-order valence-corrected chi connectivity index (χ1v) is 13.2. The lowest BCUT2D eigenvalue weighted by Crippen LogP contribution is -2.17. The number of rotatable bonds is 11. The van der Waals surface area contributed by atoms with Gasteiger partial charge < -0.3 is 0 Å². The highest BCUT2D eigenvalue weighted by Gasteiger charge is 2.26. The number of aliphatic imine (C=N–C) groups is 1.